The van der Waals surface area contributed by atoms with Gasteiger partial charge in [-0.2, -0.15) is 4.99 Å². The molecule has 1 aromatic carbocycles. The number of carbonyl (C=O) groups is 1. The molecular weight excluding hydrogens is 352 g/mol. The summed E-state index contributed by atoms with van der Waals surface area (Å²) in [4.78, 5) is 19.7. The molecule has 0 fully saturated rings. The molecule has 2 rings (SSSR count). The van der Waals surface area contributed by atoms with E-state index >= 15 is 0 Å². The number of nitrogens with one attached hydrogen (secondary N) is 1. The number of carbonyl (C=O) groups excluding carboxylic acids is 1. The third-order valence-electron chi connectivity index (χ3n) is 2.31. The third-order valence-corrected chi connectivity index (χ3v) is 3.33. The second-order valence-corrected chi connectivity index (χ2v) is 5.28. The number of aromatic nitrogens is 1. The Kier molecular flexibility index (Phi) is 6.54. The number of guanidine groups is 1. The number of thiazole rings is 1. The van der Waals surface area contributed by atoms with Gasteiger partial charge in [-0.1, -0.05) is 11.6 Å². The lowest BCUT2D eigenvalue weighted by Crippen LogP contribution is -2.21. The lowest BCUT2D eigenvalue weighted by molar-refractivity contribution is -0.115. The normalized spacial score (nSPS) is 9.73. The van der Waals surface area contributed by atoms with Gasteiger partial charge in [0.1, 0.15) is 5.82 Å². The summed E-state index contributed by atoms with van der Waals surface area (Å²) in [6, 6.07) is 3.91. The fraction of sp³-hybridized carbons (Fsp3) is 0.0833. The fourth-order valence-electron chi connectivity index (χ4n) is 1.49. The number of hydrogen-bond donors (Lipinski definition) is 3. The van der Waals surface area contributed by atoms with Crippen molar-refractivity contribution in [2.75, 3.05) is 5.32 Å². The lowest BCUT2D eigenvalue weighted by atomic mass is 10.2. The second-order valence-electron chi connectivity index (χ2n) is 4.01. The van der Waals surface area contributed by atoms with E-state index in [1.165, 1.54) is 29.5 Å². The first kappa shape index (κ1) is 18.1. The highest BCUT2D eigenvalue weighted by Gasteiger charge is 2.11. The van der Waals surface area contributed by atoms with E-state index in [0.717, 1.165) is 0 Å². The van der Waals surface area contributed by atoms with Gasteiger partial charge in [-0.25, -0.2) is 9.37 Å². The molecule has 6 nitrogen and oxygen atoms in total. The van der Waals surface area contributed by atoms with E-state index in [9.17, 15) is 9.18 Å². The van der Waals surface area contributed by atoms with Crippen molar-refractivity contribution in [3.63, 3.8) is 0 Å². The highest BCUT2D eigenvalue weighted by atomic mass is 35.5. The summed E-state index contributed by atoms with van der Waals surface area (Å²) in [5.41, 5.74) is 11.0. The van der Waals surface area contributed by atoms with Gasteiger partial charge in [0.2, 0.25) is 11.0 Å². The van der Waals surface area contributed by atoms with Crippen LogP contribution in [0.2, 0.25) is 5.02 Å². The predicted molar refractivity (Wildman–Crippen MR) is 88.6 cm³/mol. The molecule has 0 atom stereocenters. The zero-order chi connectivity index (χ0) is 15.4. The van der Waals surface area contributed by atoms with E-state index in [1.807, 2.05) is 0 Å². The number of benzene rings is 1. The molecule has 0 aliphatic carbocycles. The molecular formula is C12H12Cl2FN5OS. The molecule has 0 spiro atoms. The second kappa shape index (κ2) is 7.92. The van der Waals surface area contributed by atoms with Crippen LogP contribution in [-0.2, 0) is 11.2 Å². The largest absolute Gasteiger partial charge is 0.370 e. The Labute approximate surface area is 140 Å². The van der Waals surface area contributed by atoms with Gasteiger partial charge < -0.3 is 16.8 Å². The highest BCUT2D eigenvalue weighted by Crippen LogP contribution is 2.21. The van der Waals surface area contributed by atoms with E-state index in [0.29, 0.717) is 15.8 Å². The van der Waals surface area contributed by atoms with Crippen molar-refractivity contribution in [1.82, 2.24) is 4.98 Å². The Bertz CT molecular complexity index is 703. The average Bonchev–Trinajstić information content (AvgIpc) is 2.80. The van der Waals surface area contributed by atoms with Gasteiger partial charge in [-0.3, -0.25) is 4.79 Å². The van der Waals surface area contributed by atoms with E-state index in [4.69, 9.17) is 23.1 Å². The molecule has 0 saturated carbocycles. The molecule has 0 saturated heterocycles. The summed E-state index contributed by atoms with van der Waals surface area (Å²) in [6.07, 6.45) is -0.0253. The van der Waals surface area contributed by atoms with Crippen LogP contribution in [0.3, 0.4) is 0 Å². The van der Waals surface area contributed by atoms with Gasteiger partial charge in [0.25, 0.3) is 0 Å². The minimum Gasteiger partial charge on any atom is -0.370 e. The maximum atomic E-state index is 13.5. The van der Waals surface area contributed by atoms with Gasteiger partial charge in [0, 0.05) is 10.4 Å². The van der Waals surface area contributed by atoms with Crippen molar-refractivity contribution in [2.45, 2.75) is 6.42 Å². The standard InChI is InChI=1S/C12H11ClFN5OS.ClH/c13-6-1-2-8(14)9(3-6)18-10(20)4-7-5-21-12(17-7)19-11(15)16;/h1-3,5H,4H2,(H,18,20)(H4,15,16,17,19);1H. The van der Waals surface area contributed by atoms with E-state index in [1.54, 1.807) is 5.38 Å². The molecule has 1 aromatic heterocycles. The van der Waals surface area contributed by atoms with Crippen LogP contribution in [0.1, 0.15) is 5.69 Å². The SMILES string of the molecule is Cl.NC(N)=Nc1nc(CC(=O)Nc2cc(Cl)ccc2F)cs1. The van der Waals surface area contributed by atoms with Crippen molar-refractivity contribution >= 4 is 58.0 Å². The zero-order valence-corrected chi connectivity index (χ0v) is 13.4. The molecule has 2 aromatic rings. The van der Waals surface area contributed by atoms with Crippen LogP contribution < -0.4 is 16.8 Å². The molecule has 118 valence electrons. The number of amides is 1. The minimum atomic E-state index is -0.563. The zero-order valence-electron chi connectivity index (χ0n) is 11.0. The Morgan fingerprint density at radius 1 is 1.45 bits per heavy atom. The fourth-order valence-corrected chi connectivity index (χ4v) is 2.37. The van der Waals surface area contributed by atoms with Gasteiger partial charge in [-0.15, -0.1) is 23.7 Å². The van der Waals surface area contributed by atoms with Gasteiger partial charge >= 0.3 is 0 Å². The van der Waals surface area contributed by atoms with E-state index in [-0.39, 0.29) is 30.5 Å². The van der Waals surface area contributed by atoms with E-state index in [2.05, 4.69) is 15.3 Å². The maximum absolute atomic E-state index is 13.5. The summed E-state index contributed by atoms with van der Waals surface area (Å²) < 4.78 is 13.5. The maximum Gasteiger partial charge on any atom is 0.230 e. The number of aliphatic imine (C=N–C) groups is 1. The molecule has 0 unspecified atom stereocenters. The van der Waals surface area contributed by atoms with Crippen LogP contribution in [0.15, 0.2) is 28.6 Å². The van der Waals surface area contributed by atoms with Crippen LogP contribution in [0.5, 0.6) is 0 Å². The molecule has 5 N–H and O–H groups in total. The average molecular weight is 364 g/mol. The van der Waals surface area contributed by atoms with Crippen LogP contribution >= 0.6 is 35.3 Å². The first-order chi connectivity index (χ1) is 9.94. The molecule has 0 bridgehead atoms. The number of rotatable bonds is 4. The number of hydrogen-bond acceptors (Lipinski definition) is 4. The van der Waals surface area contributed by atoms with Crippen LogP contribution in [0.25, 0.3) is 0 Å². The number of halogens is 3. The summed E-state index contributed by atoms with van der Waals surface area (Å²) in [6.45, 7) is 0. The topological polar surface area (TPSA) is 106 Å². The Balaban J connectivity index is 0.00000242. The molecule has 0 aliphatic heterocycles. The van der Waals surface area contributed by atoms with Crippen LogP contribution in [0, 0.1) is 5.82 Å². The van der Waals surface area contributed by atoms with Crippen molar-refractivity contribution in [1.29, 1.82) is 0 Å². The van der Waals surface area contributed by atoms with Crippen LogP contribution in [0.4, 0.5) is 15.2 Å². The Hall–Kier alpha value is -1.90. The molecule has 1 amide bonds. The number of nitrogens with zero attached hydrogens (tertiary/aromatic N) is 2. The van der Waals surface area contributed by atoms with Crippen molar-refractivity contribution in [3.8, 4) is 0 Å². The van der Waals surface area contributed by atoms with Gasteiger partial charge in [0.05, 0.1) is 17.8 Å². The predicted octanol–water partition coefficient (Wildman–Crippen LogP) is 2.44. The summed E-state index contributed by atoms with van der Waals surface area (Å²) >= 11 is 6.94. The van der Waals surface area contributed by atoms with Gasteiger partial charge in [0.15, 0.2) is 5.96 Å². The first-order valence-electron chi connectivity index (χ1n) is 5.73. The molecule has 22 heavy (non-hydrogen) atoms. The summed E-state index contributed by atoms with van der Waals surface area (Å²) in [5, 5.41) is 4.76. The molecule has 0 radical (unpaired) electrons. The van der Waals surface area contributed by atoms with Crippen molar-refractivity contribution < 1.29 is 9.18 Å². The molecule has 1 heterocycles. The lowest BCUT2D eigenvalue weighted by Gasteiger charge is -2.05. The first-order valence-corrected chi connectivity index (χ1v) is 6.99. The molecule has 10 heteroatoms. The Morgan fingerprint density at radius 2 is 2.18 bits per heavy atom. The van der Waals surface area contributed by atoms with E-state index < -0.39 is 11.7 Å². The smallest absolute Gasteiger partial charge is 0.230 e. The number of nitrogens with two attached hydrogens (primary N) is 2. The van der Waals surface area contributed by atoms with Crippen molar-refractivity contribution in [2.24, 2.45) is 16.5 Å². The Morgan fingerprint density at radius 3 is 2.86 bits per heavy atom. The quantitative estimate of drug-likeness (QED) is 0.572. The summed E-state index contributed by atoms with van der Waals surface area (Å²) in [5.74, 6) is -1.09. The van der Waals surface area contributed by atoms with Crippen molar-refractivity contribution in [3.05, 3.63) is 40.1 Å². The van der Waals surface area contributed by atoms with Gasteiger partial charge in [-0.05, 0) is 18.2 Å². The third kappa shape index (κ3) is 5.14. The summed E-state index contributed by atoms with van der Waals surface area (Å²) in [7, 11) is 0. The number of anilines is 1. The minimum absolute atomic E-state index is 0. The molecule has 0 aliphatic rings. The monoisotopic (exact) mass is 363 g/mol. The highest BCUT2D eigenvalue weighted by molar-refractivity contribution is 7.13. The van der Waals surface area contributed by atoms with Crippen LogP contribution in [-0.4, -0.2) is 16.9 Å².